The molecule has 2 heterocycles. The Balaban J connectivity index is 0.00000261. The number of amides is 1. The molecule has 1 aromatic carbocycles. The SMILES string of the molecule is COCC1(C(=O)Nc2ccc(OCC3CCOCC3)cc2)CCNCC1.Cl. The van der Waals surface area contributed by atoms with E-state index in [9.17, 15) is 4.79 Å². The van der Waals surface area contributed by atoms with Crippen LogP contribution in [-0.2, 0) is 14.3 Å². The minimum Gasteiger partial charge on any atom is -0.493 e. The van der Waals surface area contributed by atoms with Crippen molar-refractivity contribution >= 4 is 24.0 Å². The van der Waals surface area contributed by atoms with Gasteiger partial charge in [0.15, 0.2) is 0 Å². The number of methoxy groups -OCH3 is 1. The fraction of sp³-hybridized carbons (Fsp3) is 0.650. The summed E-state index contributed by atoms with van der Waals surface area (Å²) < 4.78 is 16.6. The minimum absolute atomic E-state index is 0. The molecule has 1 amide bonds. The van der Waals surface area contributed by atoms with Crippen molar-refractivity contribution in [1.82, 2.24) is 5.32 Å². The summed E-state index contributed by atoms with van der Waals surface area (Å²) in [6.45, 7) is 4.52. The zero-order valence-electron chi connectivity index (χ0n) is 16.0. The Morgan fingerprint density at radius 1 is 1.22 bits per heavy atom. The van der Waals surface area contributed by atoms with E-state index in [2.05, 4.69) is 10.6 Å². The fourth-order valence-corrected chi connectivity index (χ4v) is 3.64. The summed E-state index contributed by atoms with van der Waals surface area (Å²) in [5, 5.41) is 6.36. The Hall–Kier alpha value is -1.34. The van der Waals surface area contributed by atoms with Gasteiger partial charge in [-0.1, -0.05) is 0 Å². The molecule has 0 radical (unpaired) electrons. The average molecular weight is 399 g/mol. The summed E-state index contributed by atoms with van der Waals surface area (Å²) in [5.74, 6) is 1.44. The van der Waals surface area contributed by atoms with Gasteiger partial charge in [-0.05, 0) is 69.0 Å². The summed E-state index contributed by atoms with van der Waals surface area (Å²) in [5.41, 5.74) is 0.348. The Labute approximate surface area is 167 Å². The molecule has 2 N–H and O–H groups in total. The first-order chi connectivity index (χ1) is 12.7. The molecule has 27 heavy (non-hydrogen) atoms. The van der Waals surface area contributed by atoms with E-state index < -0.39 is 5.41 Å². The van der Waals surface area contributed by atoms with E-state index in [4.69, 9.17) is 14.2 Å². The fourth-order valence-electron chi connectivity index (χ4n) is 3.64. The first-order valence-corrected chi connectivity index (χ1v) is 9.54. The second-order valence-corrected chi connectivity index (χ2v) is 7.31. The van der Waals surface area contributed by atoms with Gasteiger partial charge in [-0.2, -0.15) is 0 Å². The molecule has 0 bridgehead atoms. The lowest BCUT2D eigenvalue weighted by atomic mass is 9.78. The van der Waals surface area contributed by atoms with Gasteiger partial charge < -0.3 is 24.8 Å². The highest BCUT2D eigenvalue weighted by molar-refractivity contribution is 5.95. The van der Waals surface area contributed by atoms with E-state index in [1.807, 2.05) is 24.3 Å². The molecule has 2 aliphatic heterocycles. The zero-order valence-corrected chi connectivity index (χ0v) is 16.8. The van der Waals surface area contributed by atoms with Crippen molar-refractivity contribution in [3.05, 3.63) is 24.3 Å². The monoisotopic (exact) mass is 398 g/mol. The maximum atomic E-state index is 12.8. The second-order valence-electron chi connectivity index (χ2n) is 7.31. The molecule has 0 aliphatic carbocycles. The minimum atomic E-state index is -0.446. The lowest BCUT2D eigenvalue weighted by Gasteiger charge is -2.35. The van der Waals surface area contributed by atoms with Crippen LogP contribution in [0.4, 0.5) is 5.69 Å². The molecule has 6 nitrogen and oxygen atoms in total. The molecular weight excluding hydrogens is 368 g/mol. The third-order valence-corrected chi connectivity index (χ3v) is 5.40. The number of halogens is 1. The van der Waals surface area contributed by atoms with Crippen molar-refractivity contribution in [3.63, 3.8) is 0 Å². The van der Waals surface area contributed by atoms with Crippen LogP contribution in [0.2, 0.25) is 0 Å². The van der Waals surface area contributed by atoms with Crippen molar-refractivity contribution in [2.45, 2.75) is 25.7 Å². The van der Waals surface area contributed by atoms with Gasteiger partial charge in [0.25, 0.3) is 0 Å². The molecule has 3 rings (SSSR count). The highest BCUT2D eigenvalue weighted by Gasteiger charge is 2.39. The number of carbonyl (C=O) groups is 1. The number of rotatable bonds is 7. The Morgan fingerprint density at radius 3 is 2.52 bits per heavy atom. The van der Waals surface area contributed by atoms with E-state index in [-0.39, 0.29) is 18.3 Å². The second kappa shape index (κ2) is 10.9. The van der Waals surface area contributed by atoms with Crippen molar-refractivity contribution < 1.29 is 19.0 Å². The van der Waals surface area contributed by atoms with E-state index in [1.165, 1.54) is 0 Å². The van der Waals surface area contributed by atoms with E-state index in [0.29, 0.717) is 12.5 Å². The first kappa shape index (κ1) is 22.0. The van der Waals surface area contributed by atoms with Gasteiger partial charge in [-0.15, -0.1) is 12.4 Å². The number of hydrogen-bond acceptors (Lipinski definition) is 5. The van der Waals surface area contributed by atoms with Gasteiger partial charge in [0, 0.05) is 26.0 Å². The van der Waals surface area contributed by atoms with Crippen LogP contribution in [0.15, 0.2) is 24.3 Å². The molecule has 2 aliphatic rings. The van der Waals surface area contributed by atoms with Crippen molar-refractivity contribution in [3.8, 4) is 5.75 Å². The van der Waals surface area contributed by atoms with Crippen LogP contribution in [0.1, 0.15) is 25.7 Å². The number of benzene rings is 1. The Morgan fingerprint density at radius 2 is 1.89 bits per heavy atom. The quantitative estimate of drug-likeness (QED) is 0.739. The molecule has 2 fully saturated rings. The van der Waals surface area contributed by atoms with Crippen molar-refractivity contribution in [1.29, 1.82) is 0 Å². The topological polar surface area (TPSA) is 68.8 Å². The van der Waals surface area contributed by atoms with Crippen molar-refractivity contribution in [2.75, 3.05) is 51.9 Å². The number of anilines is 1. The predicted octanol–water partition coefficient (Wildman–Crippen LogP) is 2.87. The van der Waals surface area contributed by atoms with Crippen LogP contribution in [0.5, 0.6) is 5.75 Å². The summed E-state index contributed by atoms with van der Waals surface area (Å²) >= 11 is 0. The number of hydrogen-bond donors (Lipinski definition) is 2. The number of piperidine rings is 1. The molecule has 2 saturated heterocycles. The molecule has 1 aromatic rings. The molecule has 0 spiro atoms. The van der Waals surface area contributed by atoms with Gasteiger partial charge >= 0.3 is 0 Å². The number of nitrogens with one attached hydrogen (secondary N) is 2. The van der Waals surface area contributed by atoms with Gasteiger partial charge in [-0.3, -0.25) is 4.79 Å². The maximum absolute atomic E-state index is 12.8. The highest BCUT2D eigenvalue weighted by Crippen LogP contribution is 2.31. The van der Waals surface area contributed by atoms with Gasteiger partial charge in [-0.25, -0.2) is 0 Å². The smallest absolute Gasteiger partial charge is 0.233 e. The van der Waals surface area contributed by atoms with Crippen LogP contribution in [0.3, 0.4) is 0 Å². The molecular formula is C20H31ClN2O4. The van der Waals surface area contributed by atoms with Crippen LogP contribution in [0, 0.1) is 11.3 Å². The predicted molar refractivity (Wildman–Crippen MR) is 108 cm³/mol. The Bertz CT molecular complexity index is 564. The molecule has 152 valence electrons. The lowest BCUT2D eigenvalue weighted by Crippen LogP contribution is -2.47. The number of carbonyl (C=O) groups excluding carboxylic acids is 1. The summed E-state index contributed by atoms with van der Waals surface area (Å²) in [4.78, 5) is 12.8. The normalized spacial score (nSPS) is 19.7. The van der Waals surface area contributed by atoms with Gasteiger partial charge in [0.2, 0.25) is 5.91 Å². The van der Waals surface area contributed by atoms with Gasteiger partial charge in [0.1, 0.15) is 5.75 Å². The largest absolute Gasteiger partial charge is 0.493 e. The standard InChI is InChI=1S/C20H30N2O4.ClH/c1-24-15-20(8-10-21-11-9-20)19(23)22-17-2-4-18(5-3-17)26-14-16-6-12-25-13-7-16;/h2-5,16,21H,6-15H2,1H3,(H,22,23);1H. The third kappa shape index (κ3) is 6.07. The molecule has 0 atom stereocenters. The van der Waals surface area contributed by atoms with Crippen molar-refractivity contribution in [2.24, 2.45) is 11.3 Å². The van der Waals surface area contributed by atoms with E-state index in [1.54, 1.807) is 7.11 Å². The zero-order chi connectivity index (χ0) is 18.2. The van der Waals surface area contributed by atoms with E-state index in [0.717, 1.165) is 70.0 Å². The summed E-state index contributed by atoms with van der Waals surface area (Å²) in [7, 11) is 1.65. The first-order valence-electron chi connectivity index (χ1n) is 9.54. The number of ether oxygens (including phenoxy) is 3. The summed E-state index contributed by atoms with van der Waals surface area (Å²) in [6.07, 6.45) is 3.70. The van der Waals surface area contributed by atoms with Crippen LogP contribution < -0.4 is 15.4 Å². The van der Waals surface area contributed by atoms with Crippen LogP contribution >= 0.6 is 12.4 Å². The molecule has 0 aromatic heterocycles. The Kier molecular flexibility index (Phi) is 8.83. The van der Waals surface area contributed by atoms with E-state index >= 15 is 0 Å². The maximum Gasteiger partial charge on any atom is 0.233 e. The van der Waals surface area contributed by atoms with Crippen LogP contribution in [-0.4, -0.2) is 52.5 Å². The molecule has 7 heteroatoms. The van der Waals surface area contributed by atoms with Gasteiger partial charge in [0.05, 0.1) is 18.6 Å². The third-order valence-electron chi connectivity index (χ3n) is 5.40. The lowest BCUT2D eigenvalue weighted by molar-refractivity contribution is -0.130. The highest BCUT2D eigenvalue weighted by atomic mass is 35.5. The molecule has 0 unspecified atom stereocenters. The average Bonchev–Trinajstić information content (AvgIpc) is 2.69. The molecule has 0 saturated carbocycles. The summed E-state index contributed by atoms with van der Waals surface area (Å²) in [6, 6.07) is 7.64. The van der Waals surface area contributed by atoms with Crippen LogP contribution in [0.25, 0.3) is 0 Å².